The molecule has 2 aromatic rings. The van der Waals surface area contributed by atoms with Crippen molar-refractivity contribution in [2.45, 2.75) is 31.4 Å². The summed E-state index contributed by atoms with van der Waals surface area (Å²) in [5.74, 6) is 1.57. The van der Waals surface area contributed by atoms with Gasteiger partial charge in [0.2, 0.25) is 5.89 Å². The molecule has 0 amide bonds. The van der Waals surface area contributed by atoms with Gasteiger partial charge in [0, 0.05) is 13.1 Å². The van der Waals surface area contributed by atoms with E-state index < -0.39 is 5.60 Å². The molecule has 1 aliphatic rings. The molecule has 0 radical (unpaired) electrons. The highest BCUT2D eigenvalue weighted by Crippen LogP contribution is 2.24. The van der Waals surface area contributed by atoms with Gasteiger partial charge in [-0.3, -0.25) is 4.90 Å². The quantitative estimate of drug-likeness (QED) is 0.896. The maximum atomic E-state index is 10.7. The fourth-order valence-electron chi connectivity index (χ4n) is 3.15. The Kier molecular flexibility index (Phi) is 4.79. The van der Waals surface area contributed by atoms with Crippen LogP contribution in [-0.4, -0.2) is 64.4 Å². The zero-order valence-electron chi connectivity index (χ0n) is 13.7. The minimum Gasteiger partial charge on any atom is -0.459 e. The molecule has 3 rings (SSSR count). The Morgan fingerprint density at radius 3 is 2.91 bits per heavy atom. The van der Waals surface area contributed by atoms with E-state index in [1.807, 2.05) is 19.0 Å². The summed E-state index contributed by atoms with van der Waals surface area (Å²) in [5.41, 5.74) is -0.605. The van der Waals surface area contributed by atoms with Gasteiger partial charge >= 0.3 is 0 Å². The highest BCUT2D eigenvalue weighted by atomic mass is 16.4. The number of furan rings is 1. The SMILES string of the molecule is CN(C)CC1(O)CCCN(Cc2nnc(-c3ccco3)o2)CC1. The molecule has 1 atom stereocenters. The topological polar surface area (TPSA) is 78.8 Å². The predicted octanol–water partition coefficient (Wildman–Crippen LogP) is 1.61. The van der Waals surface area contributed by atoms with Crippen molar-refractivity contribution in [2.24, 2.45) is 0 Å². The molecule has 1 unspecified atom stereocenters. The maximum Gasteiger partial charge on any atom is 0.283 e. The fourth-order valence-corrected chi connectivity index (χ4v) is 3.15. The summed E-state index contributed by atoms with van der Waals surface area (Å²) >= 11 is 0. The first-order valence-electron chi connectivity index (χ1n) is 8.00. The number of hydrogen-bond acceptors (Lipinski definition) is 7. The molecule has 1 N–H and O–H groups in total. The first-order chi connectivity index (χ1) is 11.0. The largest absolute Gasteiger partial charge is 0.459 e. The van der Waals surface area contributed by atoms with Gasteiger partial charge in [-0.25, -0.2) is 0 Å². The predicted molar refractivity (Wildman–Crippen MR) is 84.6 cm³/mol. The summed E-state index contributed by atoms with van der Waals surface area (Å²) in [4.78, 5) is 4.30. The summed E-state index contributed by atoms with van der Waals surface area (Å²) in [6, 6.07) is 3.59. The molecule has 7 heteroatoms. The zero-order valence-corrected chi connectivity index (χ0v) is 13.7. The van der Waals surface area contributed by atoms with E-state index in [1.54, 1.807) is 18.4 Å². The van der Waals surface area contributed by atoms with Gasteiger partial charge < -0.3 is 18.8 Å². The van der Waals surface area contributed by atoms with Crippen molar-refractivity contribution in [3.8, 4) is 11.7 Å². The van der Waals surface area contributed by atoms with E-state index in [-0.39, 0.29) is 0 Å². The summed E-state index contributed by atoms with van der Waals surface area (Å²) in [6.07, 6.45) is 4.12. The molecule has 0 spiro atoms. The van der Waals surface area contributed by atoms with Crippen LogP contribution in [0.25, 0.3) is 11.7 Å². The average molecular weight is 320 g/mol. The monoisotopic (exact) mass is 320 g/mol. The average Bonchev–Trinajstić information content (AvgIpc) is 3.11. The fraction of sp³-hybridized carbons (Fsp3) is 0.625. The summed E-state index contributed by atoms with van der Waals surface area (Å²) in [7, 11) is 3.99. The normalized spacial score (nSPS) is 23.3. The van der Waals surface area contributed by atoms with E-state index in [9.17, 15) is 5.11 Å². The molecule has 1 saturated heterocycles. The van der Waals surface area contributed by atoms with Gasteiger partial charge in [0.05, 0.1) is 18.4 Å². The number of aromatic nitrogens is 2. The van der Waals surface area contributed by atoms with Crippen molar-refractivity contribution >= 4 is 0 Å². The molecular weight excluding hydrogens is 296 g/mol. The highest BCUT2D eigenvalue weighted by Gasteiger charge is 2.31. The molecule has 3 heterocycles. The van der Waals surface area contributed by atoms with Crippen LogP contribution in [0.3, 0.4) is 0 Å². The second kappa shape index (κ2) is 6.82. The molecule has 0 aromatic carbocycles. The minimum atomic E-state index is -0.605. The molecule has 0 saturated carbocycles. The van der Waals surface area contributed by atoms with Gasteiger partial charge in [-0.1, -0.05) is 0 Å². The molecule has 0 aliphatic carbocycles. The van der Waals surface area contributed by atoms with E-state index >= 15 is 0 Å². The zero-order chi connectivity index (χ0) is 16.3. The molecule has 0 bridgehead atoms. The summed E-state index contributed by atoms with van der Waals surface area (Å²) in [5, 5.41) is 18.8. The van der Waals surface area contributed by atoms with Gasteiger partial charge in [0.25, 0.3) is 5.89 Å². The van der Waals surface area contributed by atoms with Gasteiger partial charge in [-0.05, 0) is 52.0 Å². The number of likely N-dealkylation sites (tertiary alicyclic amines) is 1. The Labute approximate surface area is 135 Å². The Balaban J connectivity index is 1.59. The van der Waals surface area contributed by atoms with Crippen molar-refractivity contribution < 1.29 is 13.9 Å². The highest BCUT2D eigenvalue weighted by molar-refractivity contribution is 5.42. The van der Waals surface area contributed by atoms with Crippen LogP contribution in [0.5, 0.6) is 0 Å². The smallest absolute Gasteiger partial charge is 0.283 e. The van der Waals surface area contributed by atoms with Gasteiger partial charge in [-0.15, -0.1) is 10.2 Å². The van der Waals surface area contributed by atoms with Crippen molar-refractivity contribution in [1.29, 1.82) is 0 Å². The Morgan fingerprint density at radius 1 is 1.30 bits per heavy atom. The Hall–Kier alpha value is -1.70. The van der Waals surface area contributed by atoms with Crippen molar-refractivity contribution in [3.63, 3.8) is 0 Å². The van der Waals surface area contributed by atoms with Crippen LogP contribution in [0, 0.1) is 0 Å². The van der Waals surface area contributed by atoms with Crippen LogP contribution >= 0.6 is 0 Å². The van der Waals surface area contributed by atoms with Gasteiger partial charge in [0.15, 0.2) is 5.76 Å². The van der Waals surface area contributed by atoms with Crippen LogP contribution in [0.2, 0.25) is 0 Å². The van der Waals surface area contributed by atoms with E-state index in [2.05, 4.69) is 15.1 Å². The number of hydrogen-bond donors (Lipinski definition) is 1. The summed E-state index contributed by atoms with van der Waals surface area (Å²) in [6.45, 7) is 3.05. The first kappa shape index (κ1) is 16.2. The van der Waals surface area contributed by atoms with E-state index in [1.165, 1.54) is 0 Å². The number of nitrogens with zero attached hydrogens (tertiary/aromatic N) is 4. The van der Waals surface area contributed by atoms with Crippen LogP contribution in [0.1, 0.15) is 25.2 Å². The number of rotatable bonds is 5. The lowest BCUT2D eigenvalue weighted by Gasteiger charge is -2.29. The standard InChI is InChI=1S/C16H24N4O3/c1-19(2)12-16(21)6-4-8-20(9-7-16)11-14-17-18-15(23-14)13-5-3-10-22-13/h3,5,10,21H,4,6-9,11-12H2,1-2H3. The van der Waals surface area contributed by atoms with Crippen LogP contribution in [0.4, 0.5) is 0 Å². The maximum absolute atomic E-state index is 10.7. The lowest BCUT2D eigenvalue weighted by atomic mass is 9.94. The second-order valence-electron chi connectivity index (χ2n) is 6.57. The third kappa shape index (κ3) is 4.19. The molecule has 23 heavy (non-hydrogen) atoms. The van der Waals surface area contributed by atoms with Crippen LogP contribution in [-0.2, 0) is 6.54 Å². The van der Waals surface area contributed by atoms with Gasteiger partial charge in [0.1, 0.15) is 0 Å². The van der Waals surface area contributed by atoms with Crippen LogP contribution in [0.15, 0.2) is 27.2 Å². The molecule has 2 aromatic heterocycles. The molecule has 7 nitrogen and oxygen atoms in total. The van der Waals surface area contributed by atoms with Gasteiger partial charge in [-0.2, -0.15) is 0 Å². The van der Waals surface area contributed by atoms with Crippen molar-refractivity contribution in [1.82, 2.24) is 20.0 Å². The van der Waals surface area contributed by atoms with E-state index in [4.69, 9.17) is 8.83 Å². The third-order valence-corrected chi connectivity index (χ3v) is 4.18. The Bertz CT molecular complexity index is 611. The minimum absolute atomic E-state index is 0.406. The molecular formula is C16H24N4O3. The lowest BCUT2D eigenvalue weighted by Crippen LogP contribution is -2.40. The van der Waals surface area contributed by atoms with E-state index in [0.717, 1.165) is 32.4 Å². The van der Waals surface area contributed by atoms with E-state index in [0.29, 0.717) is 30.6 Å². The van der Waals surface area contributed by atoms with Crippen molar-refractivity contribution in [3.05, 3.63) is 24.3 Å². The van der Waals surface area contributed by atoms with Crippen molar-refractivity contribution in [2.75, 3.05) is 33.7 Å². The number of aliphatic hydroxyl groups is 1. The Morgan fingerprint density at radius 2 is 2.17 bits per heavy atom. The molecule has 1 fully saturated rings. The third-order valence-electron chi connectivity index (χ3n) is 4.18. The second-order valence-corrected chi connectivity index (χ2v) is 6.57. The molecule has 1 aliphatic heterocycles. The van der Waals surface area contributed by atoms with Crippen LogP contribution < -0.4 is 0 Å². The molecule has 126 valence electrons. The lowest BCUT2D eigenvalue weighted by molar-refractivity contribution is 0.00241. The summed E-state index contributed by atoms with van der Waals surface area (Å²) < 4.78 is 10.9. The number of likely N-dealkylation sites (N-methyl/N-ethyl adjacent to an activating group) is 1. The first-order valence-corrected chi connectivity index (χ1v) is 8.00.